The Labute approximate surface area is 132 Å². The Morgan fingerprint density at radius 2 is 1.91 bits per heavy atom. The number of Topliss-reactive ketones (excluding diaryl/α,β-unsaturated/α-hetero) is 1. The molecule has 1 aliphatic rings. The van der Waals surface area contributed by atoms with Crippen LogP contribution in [0.15, 0.2) is 48.5 Å². The predicted molar refractivity (Wildman–Crippen MR) is 86.2 cm³/mol. The molecule has 0 unspecified atom stereocenters. The molecule has 2 aromatic carbocycles. The molecule has 0 fully saturated rings. The van der Waals surface area contributed by atoms with Crippen LogP contribution in [0.2, 0.25) is 0 Å². The number of nitrogens with zero attached hydrogens (tertiary/aromatic N) is 2. The summed E-state index contributed by atoms with van der Waals surface area (Å²) in [6.07, 6.45) is 0.272. The minimum atomic E-state index is -0.0498. The van der Waals surface area contributed by atoms with Gasteiger partial charge in [0.1, 0.15) is 5.69 Å². The Bertz CT molecular complexity index is 913. The first-order valence-electron chi connectivity index (χ1n) is 7.57. The SMILES string of the molecule is O=C(CCN1Cc2ccccc2C1=O)c1n[nH]c2ccccc12. The first-order valence-corrected chi connectivity index (χ1v) is 7.57. The molecular weight excluding hydrogens is 290 g/mol. The Balaban J connectivity index is 1.48. The van der Waals surface area contributed by atoms with Gasteiger partial charge in [-0.05, 0) is 17.7 Å². The van der Waals surface area contributed by atoms with Crippen LogP contribution in [-0.4, -0.2) is 33.3 Å². The van der Waals surface area contributed by atoms with Crippen molar-refractivity contribution in [3.8, 4) is 0 Å². The molecule has 4 rings (SSSR count). The molecule has 1 amide bonds. The van der Waals surface area contributed by atoms with Crippen molar-refractivity contribution in [2.45, 2.75) is 13.0 Å². The number of carbonyl (C=O) groups is 2. The number of hydrogen-bond donors (Lipinski definition) is 1. The molecule has 0 spiro atoms. The van der Waals surface area contributed by atoms with Crippen LogP contribution in [0.3, 0.4) is 0 Å². The molecule has 5 heteroatoms. The highest BCUT2D eigenvalue weighted by Crippen LogP contribution is 2.23. The van der Waals surface area contributed by atoms with E-state index in [1.54, 1.807) is 4.90 Å². The van der Waals surface area contributed by atoms with E-state index in [-0.39, 0.29) is 18.1 Å². The maximum atomic E-state index is 12.4. The smallest absolute Gasteiger partial charge is 0.254 e. The number of para-hydroxylation sites is 1. The van der Waals surface area contributed by atoms with Crippen LogP contribution in [0.5, 0.6) is 0 Å². The fourth-order valence-electron chi connectivity index (χ4n) is 3.03. The predicted octanol–water partition coefficient (Wildman–Crippen LogP) is 2.79. The molecule has 1 aromatic heterocycles. The normalized spacial score (nSPS) is 13.6. The van der Waals surface area contributed by atoms with Gasteiger partial charge in [-0.25, -0.2) is 0 Å². The van der Waals surface area contributed by atoms with Gasteiger partial charge in [0, 0.05) is 30.5 Å². The van der Waals surface area contributed by atoms with E-state index in [2.05, 4.69) is 10.2 Å². The third kappa shape index (κ3) is 2.30. The topological polar surface area (TPSA) is 66.1 Å². The average Bonchev–Trinajstić information content (AvgIpc) is 3.15. The Morgan fingerprint density at radius 1 is 1.13 bits per heavy atom. The zero-order valence-electron chi connectivity index (χ0n) is 12.5. The van der Waals surface area contributed by atoms with Crippen molar-refractivity contribution in [3.63, 3.8) is 0 Å². The quantitative estimate of drug-likeness (QED) is 0.754. The van der Waals surface area contributed by atoms with E-state index >= 15 is 0 Å². The van der Waals surface area contributed by atoms with Crippen molar-refractivity contribution in [2.75, 3.05) is 6.54 Å². The van der Waals surface area contributed by atoms with E-state index in [0.29, 0.717) is 18.8 Å². The molecule has 3 aromatic rings. The Kier molecular flexibility index (Phi) is 3.19. The van der Waals surface area contributed by atoms with Crippen molar-refractivity contribution in [3.05, 3.63) is 65.4 Å². The second-order valence-electron chi connectivity index (χ2n) is 5.67. The van der Waals surface area contributed by atoms with Gasteiger partial charge in [0.05, 0.1) is 5.52 Å². The third-order valence-corrected chi connectivity index (χ3v) is 4.24. The fraction of sp³-hybridized carbons (Fsp3) is 0.167. The number of carbonyl (C=O) groups excluding carboxylic acids is 2. The average molecular weight is 305 g/mol. The van der Waals surface area contributed by atoms with Crippen LogP contribution in [-0.2, 0) is 6.54 Å². The van der Waals surface area contributed by atoms with Crippen molar-refractivity contribution in [1.29, 1.82) is 0 Å². The van der Waals surface area contributed by atoms with Crippen LogP contribution in [0.1, 0.15) is 32.8 Å². The molecular formula is C18H15N3O2. The molecule has 0 radical (unpaired) electrons. The number of H-pyrrole nitrogens is 1. The van der Waals surface area contributed by atoms with E-state index in [9.17, 15) is 9.59 Å². The minimum Gasteiger partial charge on any atom is -0.334 e. The number of ketones is 1. The Morgan fingerprint density at radius 3 is 2.78 bits per heavy atom. The largest absolute Gasteiger partial charge is 0.334 e. The van der Waals surface area contributed by atoms with Gasteiger partial charge in [-0.2, -0.15) is 5.10 Å². The molecule has 5 nitrogen and oxygen atoms in total. The molecule has 0 saturated carbocycles. The summed E-state index contributed by atoms with van der Waals surface area (Å²) in [5.74, 6) is -0.0495. The van der Waals surface area contributed by atoms with Gasteiger partial charge in [0.15, 0.2) is 5.78 Å². The van der Waals surface area contributed by atoms with E-state index in [1.165, 1.54) is 0 Å². The number of aromatic nitrogens is 2. The van der Waals surface area contributed by atoms with Crippen molar-refractivity contribution in [2.24, 2.45) is 0 Å². The highest BCUT2D eigenvalue weighted by atomic mass is 16.2. The third-order valence-electron chi connectivity index (χ3n) is 4.24. The lowest BCUT2D eigenvalue weighted by atomic mass is 10.1. The molecule has 1 N–H and O–H groups in total. The zero-order chi connectivity index (χ0) is 15.8. The lowest BCUT2D eigenvalue weighted by Crippen LogP contribution is -2.26. The van der Waals surface area contributed by atoms with E-state index in [0.717, 1.165) is 22.0 Å². The number of amides is 1. The Hall–Kier alpha value is -2.95. The summed E-state index contributed by atoms with van der Waals surface area (Å²) in [5.41, 5.74) is 3.06. The van der Waals surface area contributed by atoms with Crippen molar-refractivity contribution < 1.29 is 9.59 Å². The second-order valence-corrected chi connectivity index (χ2v) is 5.67. The van der Waals surface area contributed by atoms with E-state index in [4.69, 9.17) is 0 Å². The van der Waals surface area contributed by atoms with Crippen LogP contribution in [0.4, 0.5) is 0 Å². The summed E-state index contributed by atoms with van der Waals surface area (Å²) in [7, 11) is 0. The van der Waals surface area contributed by atoms with Gasteiger partial charge in [0.25, 0.3) is 5.91 Å². The number of nitrogens with one attached hydrogen (secondary N) is 1. The lowest BCUT2D eigenvalue weighted by Gasteiger charge is -2.14. The maximum absolute atomic E-state index is 12.4. The number of hydrogen-bond acceptors (Lipinski definition) is 3. The molecule has 1 aliphatic heterocycles. The van der Waals surface area contributed by atoms with Crippen LogP contribution in [0.25, 0.3) is 10.9 Å². The molecule has 0 bridgehead atoms. The number of rotatable bonds is 4. The summed E-state index contributed by atoms with van der Waals surface area (Å²) >= 11 is 0. The van der Waals surface area contributed by atoms with Crippen molar-refractivity contribution >= 4 is 22.6 Å². The van der Waals surface area contributed by atoms with Gasteiger partial charge in [-0.3, -0.25) is 14.7 Å². The molecule has 114 valence electrons. The minimum absolute atomic E-state index is 0.000265. The van der Waals surface area contributed by atoms with Gasteiger partial charge in [-0.1, -0.05) is 36.4 Å². The standard InChI is InChI=1S/C18H15N3O2/c22-16(17-14-7-3-4-8-15(14)19-20-17)9-10-21-11-12-5-1-2-6-13(12)18(21)23/h1-8H,9-11H2,(H,19,20). The number of benzene rings is 2. The zero-order valence-corrected chi connectivity index (χ0v) is 12.5. The highest BCUT2D eigenvalue weighted by molar-refractivity contribution is 6.06. The van der Waals surface area contributed by atoms with Crippen LogP contribution < -0.4 is 0 Å². The van der Waals surface area contributed by atoms with Gasteiger partial charge < -0.3 is 4.90 Å². The van der Waals surface area contributed by atoms with Gasteiger partial charge in [0.2, 0.25) is 0 Å². The van der Waals surface area contributed by atoms with Gasteiger partial charge in [-0.15, -0.1) is 0 Å². The van der Waals surface area contributed by atoms with E-state index < -0.39 is 0 Å². The number of fused-ring (bicyclic) bond motifs is 2. The summed E-state index contributed by atoms with van der Waals surface area (Å²) in [4.78, 5) is 26.5. The second kappa shape index (κ2) is 5.35. The fourth-order valence-corrected chi connectivity index (χ4v) is 3.03. The van der Waals surface area contributed by atoms with E-state index in [1.807, 2.05) is 48.5 Å². The first-order chi connectivity index (χ1) is 11.2. The van der Waals surface area contributed by atoms with Crippen LogP contribution >= 0.6 is 0 Å². The molecule has 2 heterocycles. The molecule has 0 saturated heterocycles. The monoisotopic (exact) mass is 305 g/mol. The molecule has 0 aliphatic carbocycles. The lowest BCUT2D eigenvalue weighted by molar-refractivity contribution is 0.0766. The first kappa shape index (κ1) is 13.7. The maximum Gasteiger partial charge on any atom is 0.254 e. The van der Waals surface area contributed by atoms with Crippen LogP contribution in [0, 0.1) is 0 Å². The summed E-state index contributed by atoms with van der Waals surface area (Å²) < 4.78 is 0. The summed E-state index contributed by atoms with van der Waals surface area (Å²) in [5, 5.41) is 7.82. The number of aromatic amines is 1. The highest BCUT2D eigenvalue weighted by Gasteiger charge is 2.27. The summed E-state index contributed by atoms with van der Waals surface area (Å²) in [6.45, 7) is 0.983. The summed E-state index contributed by atoms with van der Waals surface area (Å²) in [6, 6.07) is 15.1. The molecule has 23 heavy (non-hydrogen) atoms. The molecule has 0 atom stereocenters. The van der Waals surface area contributed by atoms with Gasteiger partial charge >= 0.3 is 0 Å². The van der Waals surface area contributed by atoms with Crippen molar-refractivity contribution in [1.82, 2.24) is 15.1 Å².